The van der Waals surface area contributed by atoms with Crippen molar-refractivity contribution in [2.24, 2.45) is 0 Å². The van der Waals surface area contributed by atoms with E-state index in [1.807, 2.05) is 0 Å². The van der Waals surface area contributed by atoms with Gasteiger partial charge in [-0.15, -0.1) is 0 Å². The van der Waals surface area contributed by atoms with Gasteiger partial charge in [0.1, 0.15) is 5.76 Å². The molecule has 2 rings (SSSR count). The van der Waals surface area contributed by atoms with Gasteiger partial charge in [0.25, 0.3) is 0 Å². The Kier molecular flexibility index (Phi) is 8.17. The first kappa shape index (κ1) is 22.4. The fraction of sp³-hybridized carbons (Fsp3) is 0.300. The fourth-order valence-electron chi connectivity index (χ4n) is 2.52. The first-order valence-electron chi connectivity index (χ1n) is 9.22. The Morgan fingerprint density at radius 2 is 1.76 bits per heavy atom. The third kappa shape index (κ3) is 6.58. The number of hydrogen-bond donors (Lipinski definition) is 2. The highest BCUT2D eigenvalue weighted by atomic mass is 32.2. The summed E-state index contributed by atoms with van der Waals surface area (Å²) in [5.74, 6) is -0.150. The second-order valence-electron chi connectivity index (χ2n) is 6.07. The first-order chi connectivity index (χ1) is 13.9. The Morgan fingerprint density at radius 3 is 2.34 bits per heavy atom. The van der Waals surface area contributed by atoms with Crippen LogP contribution in [-0.2, 0) is 26.2 Å². The minimum atomic E-state index is -3.51. The first-order valence-corrected chi connectivity index (χ1v) is 10.7. The maximum Gasteiger partial charge on any atom is 0.244 e. The van der Waals surface area contributed by atoms with E-state index >= 15 is 0 Å². The molecule has 29 heavy (non-hydrogen) atoms. The van der Waals surface area contributed by atoms with Gasteiger partial charge in [0.2, 0.25) is 21.8 Å². The molecule has 0 saturated heterocycles. The van der Waals surface area contributed by atoms with Gasteiger partial charge in [0.15, 0.2) is 0 Å². The number of carbonyl (C=O) groups is 2. The van der Waals surface area contributed by atoms with E-state index in [1.54, 1.807) is 44.2 Å². The maximum absolute atomic E-state index is 12.4. The molecule has 1 aromatic carbocycles. The van der Waals surface area contributed by atoms with E-state index in [9.17, 15) is 18.0 Å². The molecule has 0 unspecified atom stereocenters. The largest absolute Gasteiger partial charge is 0.467 e. The molecule has 0 bridgehead atoms. The Labute approximate surface area is 170 Å². The molecule has 0 aliphatic heterocycles. The zero-order chi connectivity index (χ0) is 21.3. The molecule has 0 radical (unpaired) electrons. The molecule has 156 valence electrons. The molecule has 2 amide bonds. The topological polar surface area (TPSA) is 109 Å². The van der Waals surface area contributed by atoms with E-state index in [1.165, 1.54) is 28.8 Å². The van der Waals surface area contributed by atoms with E-state index in [0.29, 0.717) is 24.4 Å². The lowest BCUT2D eigenvalue weighted by atomic mass is 10.2. The van der Waals surface area contributed by atoms with Crippen LogP contribution in [0.25, 0.3) is 6.08 Å². The van der Waals surface area contributed by atoms with Gasteiger partial charge in [-0.3, -0.25) is 9.59 Å². The summed E-state index contributed by atoms with van der Waals surface area (Å²) in [6.07, 6.45) is 4.34. The lowest BCUT2D eigenvalue weighted by Crippen LogP contribution is -2.35. The lowest BCUT2D eigenvalue weighted by molar-refractivity contribution is -0.124. The summed E-state index contributed by atoms with van der Waals surface area (Å²) in [5.41, 5.74) is 0.668. The Morgan fingerprint density at radius 1 is 1.07 bits per heavy atom. The van der Waals surface area contributed by atoms with E-state index in [2.05, 4.69) is 10.6 Å². The van der Waals surface area contributed by atoms with Crippen molar-refractivity contribution >= 4 is 27.9 Å². The van der Waals surface area contributed by atoms with Gasteiger partial charge in [0, 0.05) is 19.2 Å². The number of benzene rings is 1. The highest BCUT2D eigenvalue weighted by molar-refractivity contribution is 7.89. The van der Waals surface area contributed by atoms with Crippen molar-refractivity contribution in [1.29, 1.82) is 0 Å². The van der Waals surface area contributed by atoms with Crippen molar-refractivity contribution < 1.29 is 22.4 Å². The molecular weight excluding hydrogens is 394 g/mol. The van der Waals surface area contributed by atoms with Gasteiger partial charge >= 0.3 is 0 Å². The van der Waals surface area contributed by atoms with E-state index < -0.39 is 15.9 Å². The number of amides is 2. The Hall–Kier alpha value is -2.91. The van der Waals surface area contributed by atoms with E-state index in [4.69, 9.17) is 4.42 Å². The van der Waals surface area contributed by atoms with Crippen molar-refractivity contribution in [3.05, 3.63) is 60.1 Å². The molecule has 2 N–H and O–H groups in total. The van der Waals surface area contributed by atoms with Gasteiger partial charge in [-0.1, -0.05) is 26.0 Å². The summed E-state index contributed by atoms with van der Waals surface area (Å²) in [6.45, 7) is 4.46. The number of rotatable bonds is 10. The molecular formula is C20H25N3O5S. The number of sulfonamides is 1. The smallest absolute Gasteiger partial charge is 0.244 e. The third-order valence-electron chi connectivity index (χ3n) is 4.11. The van der Waals surface area contributed by atoms with Crippen molar-refractivity contribution in [3.8, 4) is 0 Å². The van der Waals surface area contributed by atoms with Crippen LogP contribution in [0.4, 0.5) is 0 Å². The molecule has 8 nitrogen and oxygen atoms in total. The summed E-state index contributed by atoms with van der Waals surface area (Å²) >= 11 is 0. The lowest BCUT2D eigenvalue weighted by Gasteiger charge is -2.18. The van der Waals surface area contributed by atoms with Gasteiger partial charge < -0.3 is 15.1 Å². The summed E-state index contributed by atoms with van der Waals surface area (Å²) in [4.78, 5) is 23.8. The van der Waals surface area contributed by atoms with Gasteiger partial charge in [-0.05, 0) is 35.9 Å². The van der Waals surface area contributed by atoms with Gasteiger partial charge in [-0.25, -0.2) is 8.42 Å². The second-order valence-corrected chi connectivity index (χ2v) is 8.00. The van der Waals surface area contributed by atoms with Crippen LogP contribution in [0, 0.1) is 0 Å². The summed E-state index contributed by atoms with van der Waals surface area (Å²) < 4.78 is 31.4. The molecule has 1 heterocycles. The average molecular weight is 420 g/mol. The molecule has 9 heteroatoms. The van der Waals surface area contributed by atoms with Crippen LogP contribution >= 0.6 is 0 Å². The van der Waals surface area contributed by atoms with Crippen molar-refractivity contribution in [2.45, 2.75) is 25.3 Å². The van der Waals surface area contributed by atoms with E-state index in [0.717, 1.165) is 0 Å². The molecule has 0 spiro atoms. The van der Waals surface area contributed by atoms with Gasteiger partial charge in [0.05, 0.1) is 24.2 Å². The molecule has 0 saturated carbocycles. The Bertz CT molecular complexity index is 931. The standard InChI is InChI=1S/C20H25N3O5S/c1-3-23(4-2)29(26,27)18-10-7-16(8-11-18)9-12-19(24)22-15-20(25)21-14-17-6-5-13-28-17/h5-13H,3-4,14-15H2,1-2H3,(H,21,25)(H,22,24)/b12-9+. The highest BCUT2D eigenvalue weighted by Crippen LogP contribution is 2.16. The molecule has 0 atom stereocenters. The van der Waals surface area contributed by atoms with Crippen molar-refractivity contribution in [3.63, 3.8) is 0 Å². The SMILES string of the molecule is CCN(CC)S(=O)(=O)c1ccc(/C=C/C(=O)NCC(=O)NCc2ccco2)cc1. The summed E-state index contributed by atoms with van der Waals surface area (Å²) in [6, 6.07) is 9.72. The normalized spacial score (nSPS) is 11.7. The summed E-state index contributed by atoms with van der Waals surface area (Å²) in [7, 11) is -3.51. The highest BCUT2D eigenvalue weighted by Gasteiger charge is 2.20. The number of furan rings is 1. The second kappa shape index (κ2) is 10.6. The van der Waals surface area contributed by atoms with Crippen LogP contribution in [0.1, 0.15) is 25.2 Å². The predicted octanol–water partition coefficient (Wildman–Crippen LogP) is 1.76. The minimum Gasteiger partial charge on any atom is -0.467 e. The molecule has 2 aromatic rings. The average Bonchev–Trinajstić information content (AvgIpc) is 3.24. The number of nitrogens with zero attached hydrogens (tertiary/aromatic N) is 1. The van der Waals surface area contributed by atoms with E-state index in [-0.39, 0.29) is 23.9 Å². The summed E-state index contributed by atoms with van der Waals surface area (Å²) in [5, 5.41) is 5.10. The molecule has 0 aliphatic rings. The molecule has 0 fully saturated rings. The van der Waals surface area contributed by atoms with Crippen LogP contribution in [0.3, 0.4) is 0 Å². The zero-order valence-corrected chi connectivity index (χ0v) is 17.2. The van der Waals surface area contributed by atoms with Crippen LogP contribution in [0.15, 0.2) is 58.1 Å². The van der Waals surface area contributed by atoms with Crippen LogP contribution in [0.5, 0.6) is 0 Å². The fourth-order valence-corrected chi connectivity index (χ4v) is 3.98. The van der Waals surface area contributed by atoms with Crippen molar-refractivity contribution in [1.82, 2.24) is 14.9 Å². The Balaban J connectivity index is 1.84. The maximum atomic E-state index is 12.4. The van der Waals surface area contributed by atoms with Crippen LogP contribution in [-0.4, -0.2) is 44.2 Å². The quantitative estimate of drug-likeness (QED) is 0.571. The third-order valence-corrected chi connectivity index (χ3v) is 6.18. The predicted molar refractivity (Wildman–Crippen MR) is 109 cm³/mol. The number of carbonyl (C=O) groups excluding carboxylic acids is 2. The molecule has 0 aliphatic carbocycles. The monoisotopic (exact) mass is 419 g/mol. The van der Waals surface area contributed by atoms with Crippen molar-refractivity contribution in [2.75, 3.05) is 19.6 Å². The van der Waals surface area contributed by atoms with Crippen LogP contribution < -0.4 is 10.6 Å². The minimum absolute atomic E-state index is 0.162. The molecule has 1 aromatic heterocycles. The zero-order valence-electron chi connectivity index (χ0n) is 16.4. The number of nitrogens with one attached hydrogen (secondary N) is 2. The van der Waals surface area contributed by atoms with Gasteiger partial charge in [-0.2, -0.15) is 4.31 Å². The number of hydrogen-bond acceptors (Lipinski definition) is 5. The van der Waals surface area contributed by atoms with Crippen LogP contribution in [0.2, 0.25) is 0 Å².